The second kappa shape index (κ2) is 7.98. The van der Waals surface area contributed by atoms with Crippen LogP contribution in [0.2, 0.25) is 5.02 Å². The van der Waals surface area contributed by atoms with Crippen molar-refractivity contribution in [2.24, 2.45) is 0 Å². The van der Waals surface area contributed by atoms with Gasteiger partial charge in [0.25, 0.3) is 0 Å². The van der Waals surface area contributed by atoms with Crippen LogP contribution in [0.3, 0.4) is 0 Å². The Morgan fingerprint density at radius 1 is 0.737 bits per heavy atom. The van der Waals surface area contributed by atoms with E-state index >= 15 is 0 Å². The number of aryl methyl sites for hydroxylation is 1. The van der Waals surface area contributed by atoms with E-state index in [4.69, 9.17) is 11.6 Å². The van der Waals surface area contributed by atoms with E-state index in [2.05, 4.69) is 47.8 Å². The molecule has 0 saturated carbocycles. The number of hydrogen-bond acceptors (Lipinski definition) is 1. The van der Waals surface area contributed by atoms with Crippen LogP contribution in [0.4, 0.5) is 0 Å². The predicted molar refractivity (Wildman–Crippen MR) is 82.8 cm³/mol. The maximum atomic E-state index is 5.86. The van der Waals surface area contributed by atoms with Gasteiger partial charge in [-0.1, -0.05) is 54.1 Å². The third-order valence-electron chi connectivity index (χ3n) is 3.17. The van der Waals surface area contributed by atoms with Crippen molar-refractivity contribution in [2.75, 3.05) is 13.1 Å². The van der Waals surface area contributed by atoms with Gasteiger partial charge in [0.2, 0.25) is 0 Å². The van der Waals surface area contributed by atoms with Crippen molar-refractivity contribution in [2.45, 2.75) is 19.3 Å². The Hall–Kier alpha value is -1.31. The first kappa shape index (κ1) is 14.1. The zero-order chi connectivity index (χ0) is 13.3. The number of benzene rings is 2. The minimum absolute atomic E-state index is 0.805. The predicted octanol–water partition coefficient (Wildman–Crippen LogP) is 4.10. The normalized spacial score (nSPS) is 10.6. The van der Waals surface area contributed by atoms with Crippen LogP contribution in [0.25, 0.3) is 0 Å². The van der Waals surface area contributed by atoms with Gasteiger partial charge in [-0.05, 0) is 55.6 Å². The Morgan fingerprint density at radius 2 is 1.42 bits per heavy atom. The van der Waals surface area contributed by atoms with Crippen LogP contribution in [0.15, 0.2) is 54.6 Å². The number of rotatable bonds is 7. The molecule has 0 amide bonds. The monoisotopic (exact) mass is 273 g/mol. The molecule has 0 spiro atoms. The fourth-order valence-electron chi connectivity index (χ4n) is 2.07. The summed E-state index contributed by atoms with van der Waals surface area (Å²) >= 11 is 5.86. The summed E-state index contributed by atoms with van der Waals surface area (Å²) in [6.07, 6.45) is 3.39. The second-order valence-electron chi connectivity index (χ2n) is 4.72. The average molecular weight is 274 g/mol. The molecule has 0 radical (unpaired) electrons. The van der Waals surface area contributed by atoms with Crippen LogP contribution < -0.4 is 5.32 Å². The smallest absolute Gasteiger partial charge is 0.0406 e. The van der Waals surface area contributed by atoms with Gasteiger partial charge in [-0.2, -0.15) is 0 Å². The van der Waals surface area contributed by atoms with E-state index in [9.17, 15) is 0 Å². The van der Waals surface area contributed by atoms with Gasteiger partial charge in [0.05, 0.1) is 0 Å². The summed E-state index contributed by atoms with van der Waals surface area (Å²) in [6, 6.07) is 18.7. The lowest BCUT2D eigenvalue weighted by atomic mass is 10.1. The summed E-state index contributed by atoms with van der Waals surface area (Å²) < 4.78 is 0. The molecule has 19 heavy (non-hydrogen) atoms. The summed E-state index contributed by atoms with van der Waals surface area (Å²) in [4.78, 5) is 0. The SMILES string of the molecule is Clc1ccc(CCNCCCc2ccccc2)cc1. The fourth-order valence-corrected chi connectivity index (χ4v) is 2.20. The Kier molecular flexibility index (Phi) is 5.93. The van der Waals surface area contributed by atoms with Crippen LogP contribution in [-0.2, 0) is 12.8 Å². The van der Waals surface area contributed by atoms with Gasteiger partial charge in [-0.3, -0.25) is 0 Å². The van der Waals surface area contributed by atoms with Crippen LogP contribution in [0.1, 0.15) is 17.5 Å². The first-order chi connectivity index (χ1) is 9.34. The highest BCUT2D eigenvalue weighted by molar-refractivity contribution is 6.30. The molecule has 0 unspecified atom stereocenters. The molecule has 0 aliphatic carbocycles. The van der Waals surface area contributed by atoms with Gasteiger partial charge in [0, 0.05) is 5.02 Å². The van der Waals surface area contributed by atoms with E-state index < -0.39 is 0 Å². The number of nitrogens with one attached hydrogen (secondary N) is 1. The lowest BCUT2D eigenvalue weighted by molar-refractivity contribution is 0.647. The Bertz CT molecular complexity index is 464. The van der Waals surface area contributed by atoms with Gasteiger partial charge in [-0.25, -0.2) is 0 Å². The van der Waals surface area contributed by atoms with E-state index in [1.54, 1.807) is 0 Å². The maximum Gasteiger partial charge on any atom is 0.0406 e. The molecule has 1 nitrogen and oxygen atoms in total. The largest absolute Gasteiger partial charge is 0.316 e. The van der Waals surface area contributed by atoms with Crippen LogP contribution in [0.5, 0.6) is 0 Å². The van der Waals surface area contributed by atoms with E-state index in [1.807, 2.05) is 12.1 Å². The number of hydrogen-bond donors (Lipinski definition) is 1. The van der Waals surface area contributed by atoms with Gasteiger partial charge in [-0.15, -0.1) is 0 Å². The van der Waals surface area contributed by atoms with Crippen molar-refractivity contribution in [3.05, 3.63) is 70.7 Å². The first-order valence-electron chi connectivity index (χ1n) is 6.84. The van der Waals surface area contributed by atoms with Gasteiger partial charge in [0.15, 0.2) is 0 Å². The number of halogens is 1. The summed E-state index contributed by atoms with van der Waals surface area (Å²) in [7, 11) is 0. The minimum Gasteiger partial charge on any atom is -0.316 e. The second-order valence-corrected chi connectivity index (χ2v) is 5.15. The molecular weight excluding hydrogens is 254 g/mol. The molecule has 100 valence electrons. The molecule has 0 aliphatic rings. The zero-order valence-electron chi connectivity index (χ0n) is 11.1. The highest BCUT2D eigenvalue weighted by Crippen LogP contribution is 2.09. The first-order valence-corrected chi connectivity index (χ1v) is 7.21. The highest BCUT2D eigenvalue weighted by Gasteiger charge is 1.94. The van der Waals surface area contributed by atoms with Crippen molar-refractivity contribution in [1.82, 2.24) is 5.32 Å². The third kappa shape index (κ3) is 5.46. The summed E-state index contributed by atoms with van der Waals surface area (Å²) in [5.41, 5.74) is 2.75. The van der Waals surface area contributed by atoms with Crippen molar-refractivity contribution < 1.29 is 0 Å². The topological polar surface area (TPSA) is 12.0 Å². The zero-order valence-corrected chi connectivity index (χ0v) is 11.9. The van der Waals surface area contributed by atoms with E-state index in [0.29, 0.717) is 0 Å². The third-order valence-corrected chi connectivity index (χ3v) is 3.42. The van der Waals surface area contributed by atoms with E-state index in [-0.39, 0.29) is 0 Å². The fraction of sp³-hybridized carbons (Fsp3) is 0.294. The molecule has 2 heteroatoms. The quantitative estimate of drug-likeness (QED) is 0.749. The van der Waals surface area contributed by atoms with E-state index in [1.165, 1.54) is 17.5 Å². The Balaban J connectivity index is 1.56. The van der Waals surface area contributed by atoms with Gasteiger partial charge >= 0.3 is 0 Å². The van der Waals surface area contributed by atoms with Crippen molar-refractivity contribution in [3.63, 3.8) is 0 Å². The van der Waals surface area contributed by atoms with Crippen LogP contribution >= 0.6 is 11.6 Å². The lowest BCUT2D eigenvalue weighted by Crippen LogP contribution is -2.18. The molecule has 0 fully saturated rings. The molecule has 2 aromatic carbocycles. The lowest BCUT2D eigenvalue weighted by Gasteiger charge is -2.05. The van der Waals surface area contributed by atoms with Gasteiger partial charge < -0.3 is 5.32 Å². The molecule has 1 N–H and O–H groups in total. The van der Waals surface area contributed by atoms with Crippen LogP contribution in [-0.4, -0.2) is 13.1 Å². The summed E-state index contributed by atoms with van der Waals surface area (Å²) in [6.45, 7) is 2.10. The molecule has 0 saturated heterocycles. The maximum absolute atomic E-state index is 5.86. The molecule has 2 aromatic rings. The van der Waals surface area contributed by atoms with Crippen molar-refractivity contribution in [3.8, 4) is 0 Å². The minimum atomic E-state index is 0.805. The highest BCUT2D eigenvalue weighted by atomic mass is 35.5. The molecule has 2 rings (SSSR count). The molecular formula is C17H20ClN. The molecule has 0 heterocycles. The Morgan fingerprint density at radius 3 is 2.16 bits per heavy atom. The summed E-state index contributed by atoms with van der Waals surface area (Å²) in [5, 5.41) is 4.29. The molecule has 0 atom stereocenters. The molecule has 0 aliphatic heterocycles. The molecule has 0 aromatic heterocycles. The average Bonchev–Trinajstić information content (AvgIpc) is 2.46. The molecule has 0 bridgehead atoms. The van der Waals surface area contributed by atoms with Gasteiger partial charge in [0.1, 0.15) is 0 Å². The van der Waals surface area contributed by atoms with E-state index in [0.717, 1.165) is 31.0 Å². The van der Waals surface area contributed by atoms with Crippen LogP contribution in [0, 0.1) is 0 Å². The Labute approximate surface area is 120 Å². The standard InChI is InChI=1S/C17H20ClN/c18-17-10-8-16(9-11-17)12-14-19-13-4-7-15-5-2-1-3-6-15/h1-3,5-6,8-11,19H,4,7,12-14H2. The summed E-state index contributed by atoms with van der Waals surface area (Å²) in [5.74, 6) is 0. The van der Waals surface area contributed by atoms with Crippen molar-refractivity contribution in [1.29, 1.82) is 0 Å². The van der Waals surface area contributed by atoms with Crippen molar-refractivity contribution >= 4 is 11.6 Å².